The molecule has 1 aliphatic rings. The molecule has 4 nitrogen and oxygen atoms in total. The molecule has 0 spiro atoms. The van der Waals surface area contributed by atoms with Crippen molar-refractivity contribution in [1.82, 2.24) is 9.88 Å². The summed E-state index contributed by atoms with van der Waals surface area (Å²) < 4.78 is 0. The van der Waals surface area contributed by atoms with Crippen LogP contribution in [0.15, 0.2) is 10.4 Å². The van der Waals surface area contributed by atoms with Gasteiger partial charge in [-0.15, -0.1) is 35.3 Å². The lowest BCUT2D eigenvalue weighted by atomic mass is 9.93. The van der Waals surface area contributed by atoms with Gasteiger partial charge in [-0.25, -0.2) is 4.98 Å². The third-order valence-electron chi connectivity index (χ3n) is 3.25. The van der Waals surface area contributed by atoms with Gasteiger partial charge in [-0.3, -0.25) is 4.99 Å². The van der Waals surface area contributed by atoms with Crippen molar-refractivity contribution in [3.8, 4) is 0 Å². The second-order valence-corrected chi connectivity index (χ2v) is 8.13. The van der Waals surface area contributed by atoms with Crippen LogP contribution in [-0.4, -0.2) is 47.0 Å². The van der Waals surface area contributed by atoms with Crippen molar-refractivity contribution in [2.24, 2.45) is 10.7 Å². The van der Waals surface area contributed by atoms with E-state index >= 15 is 0 Å². The normalized spacial score (nSPS) is 16.7. The summed E-state index contributed by atoms with van der Waals surface area (Å²) in [5, 5.41) is 3.31. The molecule has 21 heavy (non-hydrogen) atoms. The van der Waals surface area contributed by atoms with E-state index in [-0.39, 0.29) is 29.4 Å². The van der Waals surface area contributed by atoms with Crippen molar-refractivity contribution in [1.29, 1.82) is 0 Å². The number of nitrogens with zero attached hydrogens (tertiary/aromatic N) is 3. The maximum absolute atomic E-state index is 6.04. The van der Waals surface area contributed by atoms with Crippen LogP contribution in [0.1, 0.15) is 31.5 Å². The second-order valence-electron chi connectivity index (χ2n) is 5.97. The van der Waals surface area contributed by atoms with Gasteiger partial charge in [0.05, 0.1) is 10.7 Å². The summed E-state index contributed by atoms with van der Waals surface area (Å²) in [6.07, 6.45) is 0.879. The Labute approximate surface area is 153 Å². The number of hydrogen-bond donors (Lipinski definition) is 1. The lowest BCUT2D eigenvalue weighted by Crippen LogP contribution is -2.42. The third kappa shape index (κ3) is 5.94. The highest BCUT2D eigenvalue weighted by Crippen LogP contribution is 2.24. The molecule has 0 saturated carbocycles. The first-order valence-corrected chi connectivity index (χ1v) is 9.08. The highest BCUT2D eigenvalue weighted by Gasteiger charge is 2.17. The standard InChI is InChI=1S/C14H24N4S2.HI/c1-14(2,3)11-10-20-12(17-11)4-5-16-13(15)18-6-8-19-9-7-18;/h10H,4-9H2,1-3H3,(H2,15,16);1H. The molecule has 0 aromatic carbocycles. The van der Waals surface area contributed by atoms with Crippen molar-refractivity contribution in [3.05, 3.63) is 16.1 Å². The van der Waals surface area contributed by atoms with E-state index in [1.807, 2.05) is 11.8 Å². The minimum Gasteiger partial charge on any atom is -0.370 e. The number of aromatic nitrogens is 1. The average molecular weight is 440 g/mol. The van der Waals surface area contributed by atoms with Crippen LogP contribution in [0.25, 0.3) is 0 Å². The Balaban J connectivity index is 0.00000220. The van der Waals surface area contributed by atoms with Crippen LogP contribution in [0.4, 0.5) is 0 Å². The van der Waals surface area contributed by atoms with E-state index in [1.54, 1.807) is 11.3 Å². The Bertz CT molecular complexity index is 462. The van der Waals surface area contributed by atoms with Crippen LogP contribution in [0.3, 0.4) is 0 Å². The number of rotatable bonds is 3. The van der Waals surface area contributed by atoms with Crippen LogP contribution in [-0.2, 0) is 11.8 Å². The minimum absolute atomic E-state index is 0. The zero-order chi connectivity index (χ0) is 14.6. The zero-order valence-electron chi connectivity index (χ0n) is 13.0. The summed E-state index contributed by atoms with van der Waals surface area (Å²) in [6, 6.07) is 0. The fraction of sp³-hybridized carbons (Fsp3) is 0.714. The Morgan fingerprint density at radius 3 is 2.62 bits per heavy atom. The van der Waals surface area contributed by atoms with E-state index in [0.717, 1.165) is 42.6 Å². The lowest BCUT2D eigenvalue weighted by Gasteiger charge is -2.27. The highest BCUT2D eigenvalue weighted by molar-refractivity contribution is 14.0. The molecule has 2 rings (SSSR count). The van der Waals surface area contributed by atoms with Crippen LogP contribution >= 0.6 is 47.1 Å². The van der Waals surface area contributed by atoms with E-state index < -0.39 is 0 Å². The number of thioether (sulfide) groups is 1. The Kier molecular flexibility index (Phi) is 7.77. The van der Waals surface area contributed by atoms with Gasteiger partial charge in [0.15, 0.2) is 5.96 Å². The van der Waals surface area contributed by atoms with Crippen molar-refractivity contribution < 1.29 is 0 Å². The lowest BCUT2D eigenvalue weighted by molar-refractivity contribution is 0.456. The zero-order valence-corrected chi connectivity index (χ0v) is 16.9. The first-order chi connectivity index (χ1) is 9.47. The Morgan fingerprint density at radius 2 is 2.05 bits per heavy atom. The van der Waals surface area contributed by atoms with E-state index in [0.29, 0.717) is 5.96 Å². The molecular formula is C14H25IN4S2. The molecule has 0 amide bonds. The first-order valence-electron chi connectivity index (χ1n) is 7.04. The number of hydrogen-bond acceptors (Lipinski definition) is 4. The number of halogens is 1. The summed E-state index contributed by atoms with van der Waals surface area (Å²) in [5.41, 5.74) is 7.33. The predicted octanol–water partition coefficient (Wildman–Crippen LogP) is 2.96. The molecule has 1 aliphatic heterocycles. The molecule has 0 bridgehead atoms. The summed E-state index contributed by atoms with van der Waals surface area (Å²) in [4.78, 5) is 11.4. The molecule has 1 aromatic rings. The van der Waals surface area contributed by atoms with Crippen LogP contribution in [0, 0.1) is 0 Å². The topological polar surface area (TPSA) is 54.5 Å². The van der Waals surface area contributed by atoms with Crippen LogP contribution < -0.4 is 5.73 Å². The summed E-state index contributed by atoms with van der Waals surface area (Å²) in [6.45, 7) is 9.34. The molecule has 1 fully saturated rings. The maximum atomic E-state index is 6.04. The fourth-order valence-electron chi connectivity index (χ4n) is 1.93. The monoisotopic (exact) mass is 440 g/mol. The molecular weight excluding hydrogens is 415 g/mol. The highest BCUT2D eigenvalue weighted by atomic mass is 127. The summed E-state index contributed by atoms with van der Waals surface area (Å²) in [7, 11) is 0. The Morgan fingerprint density at radius 1 is 1.38 bits per heavy atom. The minimum atomic E-state index is 0. The number of thiazole rings is 1. The molecule has 7 heteroatoms. The van der Waals surface area contributed by atoms with E-state index in [2.05, 4.69) is 41.0 Å². The van der Waals surface area contributed by atoms with Crippen molar-refractivity contribution in [3.63, 3.8) is 0 Å². The van der Waals surface area contributed by atoms with E-state index in [4.69, 9.17) is 5.73 Å². The molecule has 0 radical (unpaired) electrons. The number of nitrogens with two attached hydrogens (primary N) is 1. The SMILES string of the molecule is CC(C)(C)c1csc(CCN=C(N)N2CCSCC2)n1.I. The molecule has 0 atom stereocenters. The van der Waals surface area contributed by atoms with Gasteiger partial charge < -0.3 is 10.6 Å². The van der Waals surface area contributed by atoms with Crippen molar-refractivity contribution in [2.75, 3.05) is 31.1 Å². The van der Waals surface area contributed by atoms with Crippen molar-refractivity contribution >= 4 is 53.0 Å². The molecule has 120 valence electrons. The van der Waals surface area contributed by atoms with Gasteiger partial charge in [0.25, 0.3) is 0 Å². The third-order valence-corrected chi connectivity index (χ3v) is 5.11. The molecule has 0 aliphatic carbocycles. The van der Waals surface area contributed by atoms with Gasteiger partial charge in [0.1, 0.15) is 0 Å². The van der Waals surface area contributed by atoms with Crippen LogP contribution in [0.2, 0.25) is 0 Å². The number of aliphatic imine (C=N–C) groups is 1. The van der Waals surface area contributed by atoms with E-state index in [9.17, 15) is 0 Å². The maximum Gasteiger partial charge on any atom is 0.191 e. The smallest absolute Gasteiger partial charge is 0.191 e. The fourth-order valence-corrected chi connectivity index (χ4v) is 3.85. The van der Waals surface area contributed by atoms with Gasteiger partial charge in [0, 0.05) is 48.4 Å². The Hall–Kier alpha value is -0.0200. The molecule has 0 unspecified atom stereocenters. The van der Waals surface area contributed by atoms with Gasteiger partial charge >= 0.3 is 0 Å². The second kappa shape index (κ2) is 8.57. The average Bonchev–Trinajstić information content (AvgIpc) is 2.88. The van der Waals surface area contributed by atoms with Gasteiger partial charge in [-0.1, -0.05) is 20.8 Å². The van der Waals surface area contributed by atoms with Crippen LogP contribution in [0.5, 0.6) is 0 Å². The summed E-state index contributed by atoms with van der Waals surface area (Å²) >= 11 is 3.71. The summed E-state index contributed by atoms with van der Waals surface area (Å²) in [5.74, 6) is 2.99. The van der Waals surface area contributed by atoms with Gasteiger partial charge in [0.2, 0.25) is 0 Å². The van der Waals surface area contributed by atoms with Crippen molar-refractivity contribution in [2.45, 2.75) is 32.6 Å². The number of guanidine groups is 1. The molecule has 2 heterocycles. The molecule has 1 aromatic heterocycles. The molecule has 2 N–H and O–H groups in total. The van der Waals surface area contributed by atoms with Gasteiger partial charge in [-0.2, -0.15) is 11.8 Å². The van der Waals surface area contributed by atoms with Gasteiger partial charge in [-0.05, 0) is 0 Å². The first kappa shape index (κ1) is 19.0. The largest absolute Gasteiger partial charge is 0.370 e. The quantitative estimate of drug-likeness (QED) is 0.446. The predicted molar refractivity (Wildman–Crippen MR) is 105 cm³/mol. The molecule has 1 saturated heterocycles. The van der Waals surface area contributed by atoms with E-state index in [1.165, 1.54) is 5.69 Å².